The summed E-state index contributed by atoms with van der Waals surface area (Å²) in [7, 11) is 0. The quantitative estimate of drug-likeness (QED) is 0.560. The third-order valence-electron chi connectivity index (χ3n) is 6.18. The lowest BCUT2D eigenvalue weighted by molar-refractivity contribution is -0.137. The number of pyridine rings is 1. The molecule has 0 spiro atoms. The Kier molecular flexibility index (Phi) is 5.73. The molecule has 3 aromatic heterocycles. The van der Waals surface area contributed by atoms with Gasteiger partial charge in [0.15, 0.2) is 0 Å². The van der Waals surface area contributed by atoms with E-state index in [1.54, 1.807) is 6.20 Å². The first-order chi connectivity index (χ1) is 15.5. The molecule has 0 saturated carbocycles. The Morgan fingerprint density at radius 3 is 2.69 bits per heavy atom. The lowest BCUT2D eigenvalue weighted by atomic mass is 9.95. The molecule has 0 amide bonds. The van der Waals surface area contributed by atoms with Crippen LogP contribution in [-0.2, 0) is 10.9 Å². The van der Waals surface area contributed by atoms with Crippen LogP contribution in [0.5, 0.6) is 0 Å². The van der Waals surface area contributed by atoms with Gasteiger partial charge in [-0.3, -0.25) is 0 Å². The van der Waals surface area contributed by atoms with E-state index < -0.39 is 11.7 Å². The van der Waals surface area contributed by atoms with E-state index in [1.807, 2.05) is 12.1 Å². The van der Waals surface area contributed by atoms with E-state index in [-0.39, 0.29) is 17.7 Å². The maximum Gasteiger partial charge on any atom is 0.419 e. The minimum Gasteiger partial charge on any atom is -0.381 e. The fourth-order valence-electron chi connectivity index (χ4n) is 4.46. The molecule has 2 saturated heterocycles. The highest BCUT2D eigenvalue weighted by molar-refractivity contribution is 5.93. The first-order valence-corrected chi connectivity index (χ1v) is 11.0. The van der Waals surface area contributed by atoms with Gasteiger partial charge in [0, 0.05) is 60.8 Å². The number of hydrogen-bond acceptors (Lipinski definition) is 6. The van der Waals surface area contributed by atoms with Gasteiger partial charge in [-0.1, -0.05) is 0 Å². The lowest BCUT2D eigenvalue weighted by Gasteiger charge is -2.24. The third kappa shape index (κ3) is 4.29. The van der Waals surface area contributed by atoms with Crippen LogP contribution in [0.1, 0.15) is 42.9 Å². The summed E-state index contributed by atoms with van der Waals surface area (Å²) in [5.41, 5.74) is 0.845. The monoisotopic (exact) mass is 446 g/mol. The molecule has 2 aliphatic rings. The molecule has 0 unspecified atom stereocenters. The van der Waals surface area contributed by atoms with Crippen molar-refractivity contribution in [2.45, 2.75) is 43.8 Å². The summed E-state index contributed by atoms with van der Waals surface area (Å²) in [5.74, 6) is 0.493. The second kappa shape index (κ2) is 8.67. The first-order valence-electron chi connectivity index (χ1n) is 11.0. The molecule has 2 aliphatic heterocycles. The molecule has 0 aromatic carbocycles. The number of nitrogens with one attached hydrogen (secondary N) is 3. The zero-order valence-electron chi connectivity index (χ0n) is 17.5. The third-order valence-corrected chi connectivity index (χ3v) is 6.18. The molecule has 2 fully saturated rings. The van der Waals surface area contributed by atoms with Crippen LogP contribution in [0.3, 0.4) is 0 Å². The highest BCUT2D eigenvalue weighted by Crippen LogP contribution is 2.39. The molecule has 10 heteroatoms. The molecule has 7 nitrogen and oxygen atoms in total. The Morgan fingerprint density at radius 1 is 1.09 bits per heavy atom. The van der Waals surface area contributed by atoms with Crippen LogP contribution in [0, 0.1) is 0 Å². The normalized spacial score (nSPS) is 20.5. The summed E-state index contributed by atoms with van der Waals surface area (Å²) >= 11 is 0. The van der Waals surface area contributed by atoms with E-state index in [0.717, 1.165) is 50.7 Å². The molecule has 5 rings (SSSR count). The van der Waals surface area contributed by atoms with E-state index in [4.69, 9.17) is 9.72 Å². The molecule has 0 bridgehead atoms. The average molecular weight is 446 g/mol. The lowest BCUT2D eigenvalue weighted by Crippen LogP contribution is -2.38. The molecule has 0 radical (unpaired) electrons. The average Bonchev–Trinajstić information content (AvgIpc) is 3.23. The Hall–Kier alpha value is -2.72. The van der Waals surface area contributed by atoms with Gasteiger partial charge in [-0.25, -0.2) is 15.0 Å². The van der Waals surface area contributed by atoms with Crippen LogP contribution in [0.4, 0.5) is 19.1 Å². The van der Waals surface area contributed by atoms with Crippen molar-refractivity contribution in [2.24, 2.45) is 0 Å². The Bertz CT molecular complexity index is 1090. The number of aromatic amines is 1. The minimum atomic E-state index is -4.57. The van der Waals surface area contributed by atoms with Crippen LogP contribution < -0.4 is 10.6 Å². The van der Waals surface area contributed by atoms with Crippen molar-refractivity contribution in [1.29, 1.82) is 0 Å². The van der Waals surface area contributed by atoms with Crippen LogP contribution >= 0.6 is 0 Å². The van der Waals surface area contributed by atoms with Gasteiger partial charge in [-0.15, -0.1) is 0 Å². The van der Waals surface area contributed by atoms with E-state index >= 15 is 0 Å². The van der Waals surface area contributed by atoms with Gasteiger partial charge in [0.1, 0.15) is 11.2 Å². The largest absolute Gasteiger partial charge is 0.419 e. The van der Waals surface area contributed by atoms with Crippen LogP contribution in [0.15, 0.2) is 24.5 Å². The van der Waals surface area contributed by atoms with E-state index in [0.29, 0.717) is 35.7 Å². The molecule has 5 heterocycles. The number of aromatic nitrogens is 4. The summed E-state index contributed by atoms with van der Waals surface area (Å²) in [5, 5.41) is 7.05. The summed E-state index contributed by atoms with van der Waals surface area (Å²) in [4.78, 5) is 16.0. The van der Waals surface area contributed by atoms with Gasteiger partial charge in [0.05, 0.1) is 5.69 Å². The van der Waals surface area contributed by atoms with Crippen molar-refractivity contribution in [2.75, 3.05) is 31.6 Å². The fourth-order valence-corrected chi connectivity index (χ4v) is 4.46. The molecule has 3 aromatic rings. The van der Waals surface area contributed by atoms with Crippen molar-refractivity contribution in [1.82, 2.24) is 25.3 Å². The number of anilines is 1. The Labute approximate surface area is 183 Å². The summed E-state index contributed by atoms with van der Waals surface area (Å²) < 4.78 is 46.8. The maximum atomic E-state index is 13.8. The Balaban J connectivity index is 1.52. The number of halogens is 3. The van der Waals surface area contributed by atoms with Crippen LogP contribution in [0.2, 0.25) is 0 Å². The molecule has 0 aliphatic carbocycles. The number of hydrogen-bond donors (Lipinski definition) is 3. The highest BCUT2D eigenvalue weighted by atomic mass is 19.4. The van der Waals surface area contributed by atoms with Crippen LogP contribution in [0.25, 0.3) is 22.3 Å². The molecule has 170 valence electrons. The molecule has 1 atom stereocenters. The summed E-state index contributed by atoms with van der Waals surface area (Å²) in [6.45, 7) is 3.06. The minimum absolute atomic E-state index is 0.0833. The second-order valence-corrected chi connectivity index (χ2v) is 8.36. The maximum absolute atomic E-state index is 13.8. The van der Waals surface area contributed by atoms with Gasteiger partial charge >= 0.3 is 6.18 Å². The smallest absolute Gasteiger partial charge is 0.381 e. The number of fused-ring (bicyclic) bond motifs is 1. The van der Waals surface area contributed by atoms with Gasteiger partial charge in [-0.2, -0.15) is 13.2 Å². The first kappa shape index (κ1) is 21.1. The second-order valence-electron chi connectivity index (χ2n) is 8.36. The topological polar surface area (TPSA) is 87.8 Å². The highest BCUT2D eigenvalue weighted by Gasteiger charge is 2.36. The number of ether oxygens (including phenoxy) is 1. The Morgan fingerprint density at radius 2 is 1.94 bits per heavy atom. The number of piperidine rings is 1. The predicted octanol–water partition coefficient (Wildman–Crippen LogP) is 4.10. The van der Waals surface area contributed by atoms with Gasteiger partial charge in [0.25, 0.3) is 0 Å². The SMILES string of the molecule is FC(F)(F)c1cnc(N[C@H]2CCCNC2)nc1-c1c[nH]c2nc(C3CCOCC3)ccc12. The van der Waals surface area contributed by atoms with Crippen LogP contribution in [-0.4, -0.2) is 52.3 Å². The van der Waals surface area contributed by atoms with Crippen molar-refractivity contribution in [3.8, 4) is 11.3 Å². The fraction of sp³-hybridized carbons (Fsp3) is 0.500. The standard InChI is InChI=1S/C22H25F3N6O/c23-22(24,25)17-12-28-21(29-14-2-1-7-26-10-14)31-19(17)16-11-27-20-15(16)3-4-18(30-20)13-5-8-32-9-6-13/h3-4,11-14,26H,1-2,5-10H2,(H,27,30)(H,28,29,31)/t14-/m0/s1. The molecular formula is C22H25F3N6O. The zero-order chi connectivity index (χ0) is 22.1. The number of rotatable bonds is 4. The van der Waals surface area contributed by atoms with Gasteiger partial charge in [0.2, 0.25) is 5.95 Å². The number of alkyl halides is 3. The summed E-state index contributed by atoms with van der Waals surface area (Å²) in [6, 6.07) is 3.82. The predicted molar refractivity (Wildman–Crippen MR) is 114 cm³/mol. The molecular weight excluding hydrogens is 421 g/mol. The molecule has 3 N–H and O–H groups in total. The summed E-state index contributed by atoms with van der Waals surface area (Å²) in [6.07, 6.45) is 1.54. The van der Waals surface area contributed by atoms with Crippen molar-refractivity contribution < 1.29 is 17.9 Å². The zero-order valence-corrected chi connectivity index (χ0v) is 17.5. The van der Waals surface area contributed by atoms with E-state index in [2.05, 4.69) is 25.6 Å². The van der Waals surface area contributed by atoms with E-state index in [9.17, 15) is 13.2 Å². The van der Waals surface area contributed by atoms with Crippen molar-refractivity contribution in [3.05, 3.63) is 35.8 Å². The number of nitrogens with zero attached hydrogens (tertiary/aromatic N) is 3. The van der Waals surface area contributed by atoms with Gasteiger partial charge < -0.3 is 20.4 Å². The van der Waals surface area contributed by atoms with Crippen molar-refractivity contribution >= 4 is 17.0 Å². The van der Waals surface area contributed by atoms with Crippen molar-refractivity contribution in [3.63, 3.8) is 0 Å². The van der Waals surface area contributed by atoms with E-state index in [1.165, 1.54) is 0 Å². The number of H-pyrrole nitrogens is 1. The molecule has 32 heavy (non-hydrogen) atoms. The van der Waals surface area contributed by atoms with Gasteiger partial charge in [-0.05, 0) is 44.4 Å².